The van der Waals surface area contributed by atoms with E-state index in [1.54, 1.807) is 0 Å². The van der Waals surface area contributed by atoms with E-state index in [0.717, 1.165) is 31.9 Å². The molecule has 7 heteroatoms. The molecule has 0 spiro atoms. The number of hydrogen-bond acceptors (Lipinski definition) is 6. The highest BCUT2D eigenvalue weighted by atomic mass is 19.1. The van der Waals surface area contributed by atoms with Gasteiger partial charge in [0.25, 0.3) is 0 Å². The highest BCUT2D eigenvalue weighted by Gasteiger charge is 2.20. The van der Waals surface area contributed by atoms with E-state index in [1.165, 1.54) is 11.8 Å². The molecular formula is C20H25FN4O2. The summed E-state index contributed by atoms with van der Waals surface area (Å²) in [5.41, 5.74) is 2.14. The zero-order valence-corrected chi connectivity index (χ0v) is 15.6. The van der Waals surface area contributed by atoms with Gasteiger partial charge in [0.05, 0.1) is 32.6 Å². The fraction of sp³-hybridized carbons (Fsp3) is 0.500. The zero-order valence-electron chi connectivity index (χ0n) is 15.6. The Kier molecular flexibility index (Phi) is 5.61. The average molecular weight is 372 g/mol. The first-order chi connectivity index (χ1) is 13.2. The second kappa shape index (κ2) is 8.29. The largest absolute Gasteiger partial charge is 0.379 e. The summed E-state index contributed by atoms with van der Waals surface area (Å²) in [7, 11) is 0. The van der Waals surface area contributed by atoms with E-state index in [1.807, 2.05) is 17.0 Å². The predicted molar refractivity (Wildman–Crippen MR) is 101 cm³/mol. The van der Waals surface area contributed by atoms with E-state index in [4.69, 9.17) is 9.47 Å². The average Bonchev–Trinajstić information content (AvgIpc) is 2.75. The maximum absolute atomic E-state index is 14.2. The Morgan fingerprint density at radius 1 is 0.963 bits per heavy atom. The van der Waals surface area contributed by atoms with E-state index < -0.39 is 5.82 Å². The van der Waals surface area contributed by atoms with Gasteiger partial charge in [0.15, 0.2) is 17.5 Å². The maximum atomic E-state index is 14.2. The molecule has 1 atom stereocenters. The molecule has 2 aliphatic heterocycles. The van der Waals surface area contributed by atoms with E-state index >= 15 is 0 Å². The van der Waals surface area contributed by atoms with Crippen LogP contribution in [0.4, 0.5) is 10.2 Å². The van der Waals surface area contributed by atoms with Crippen molar-refractivity contribution in [2.45, 2.75) is 13.0 Å². The Labute approximate surface area is 158 Å². The molecule has 4 rings (SSSR count). The Hall–Kier alpha value is -2.09. The number of aromatic nitrogens is 2. The van der Waals surface area contributed by atoms with Crippen molar-refractivity contribution >= 4 is 5.82 Å². The number of morpholine rings is 2. The third-order valence-electron chi connectivity index (χ3n) is 5.28. The Morgan fingerprint density at radius 2 is 1.59 bits per heavy atom. The molecule has 0 N–H and O–H groups in total. The molecule has 0 radical (unpaired) electrons. The molecule has 0 aliphatic carbocycles. The molecule has 1 aromatic heterocycles. The van der Waals surface area contributed by atoms with Gasteiger partial charge in [0, 0.05) is 37.8 Å². The van der Waals surface area contributed by atoms with Crippen molar-refractivity contribution in [3.05, 3.63) is 41.8 Å². The minimum Gasteiger partial charge on any atom is -0.379 e. The van der Waals surface area contributed by atoms with Crippen molar-refractivity contribution in [3.8, 4) is 11.4 Å². The molecule has 2 saturated heterocycles. The first-order valence-electron chi connectivity index (χ1n) is 9.50. The van der Waals surface area contributed by atoms with Crippen LogP contribution in [0, 0.1) is 5.82 Å². The number of benzene rings is 1. The standard InChI is InChI=1S/C20H25FN4O2/c1-15(24-6-10-26-11-7-24)16-2-4-17(5-3-16)19-22-14-18(21)20(23-19)25-8-12-27-13-9-25/h2-5,14-15H,6-13H2,1H3. The van der Waals surface area contributed by atoms with E-state index in [2.05, 4.69) is 33.9 Å². The second-order valence-electron chi connectivity index (χ2n) is 6.91. The van der Waals surface area contributed by atoms with Gasteiger partial charge in [-0.3, -0.25) is 4.90 Å². The van der Waals surface area contributed by atoms with Gasteiger partial charge >= 0.3 is 0 Å². The van der Waals surface area contributed by atoms with Crippen LogP contribution in [0.25, 0.3) is 11.4 Å². The lowest BCUT2D eigenvalue weighted by atomic mass is 10.0. The minimum absolute atomic E-state index is 0.334. The van der Waals surface area contributed by atoms with Crippen LogP contribution in [0.1, 0.15) is 18.5 Å². The van der Waals surface area contributed by atoms with Crippen LogP contribution in [-0.2, 0) is 9.47 Å². The Morgan fingerprint density at radius 3 is 2.26 bits per heavy atom. The van der Waals surface area contributed by atoms with Crippen LogP contribution in [0.3, 0.4) is 0 Å². The molecule has 1 unspecified atom stereocenters. The summed E-state index contributed by atoms with van der Waals surface area (Å²) in [4.78, 5) is 13.0. The molecule has 0 amide bonds. The van der Waals surface area contributed by atoms with Gasteiger partial charge in [0.1, 0.15) is 0 Å². The maximum Gasteiger partial charge on any atom is 0.183 e. The van der Waals surface area contributed by atoms with Crippen molar-refractivity contribution in [1.82, 2.24) is 14.9 Å². The van der Waals surface area contributed by atoms with Crippen LogP contribution in [-0.4, -0.2) is 67.5 Å². The summed E-state index contributed by atoms with van der Waals surface area (Å²) >= 11 is 0. The molecule has 144 valence electrons. The van der Waals surface area contributed by atoms with Crippen molar-refractivity contribution in [2.24, 2.45) is 0 Å². The normalized spacial score (nSPS) is 19.9. The molecule has 0 bridgehead atoms. The van der Waals surface area contributed by atoms with Gasteiger partial charge in [-0.1, -0.05) is 24.3 Å². The molecule has 6 nitrogen and oxygen atoms in total. The molecule has 27 heavy (non-hydrogen) atoms. The summed E-state index contributed by atoms with van der Waals surface area (Å²) in [6, 6.07) is 8.58. The van der Waals surface area contributed by atoms with E-state index in [9.17, 15) is 4.39 Å². The molecule has 2 aromatic rings. The quantitative estimate of drug-likeness (QED) is 0.822. The summed E-state index contributed by atoms with van der Waals surface area (Å²) in [6.07, 6.45) is 1.26. The number of halogens is 1. The molecular weight excluding hydrogens is 347 g/mol. The van der Waals surface area contributed by atoms with Crippen molar-refractivity contribution in [1.29, 1.82) is 0 Å². The van der Waals surface area contributed by atoms with Crippen LogP contribution in [0.5, 0.6) is 0 Å². The Balaban J connectivity index is 1.53. The Bertz CT molecular complexity index is 759. The second-order valence-corrected chi connectivity index (χ2v) is 6.91. The third-order valence-corrected chi connectivity index (χ3v) is 5.28. The van der Waals surface area contributed by atoms with Crippen LogP contribution >= 0.6 is 0 Å². The van der Waals surface area contributed by atoms with Crippen LogP contribution < -0.4 is 4.90 Å². The molecule has 2 fully saturated rings. The van der Waals surface area contributed by atoms with Gasteiger partial charge in [0.2, 0.25) is 0 Å². The number of nitrogens with zero attached hydrogens (tertiary/aromatic N) is 4. The predicted octanol–water partition coefficient (Wildman–Crippen LogP) is 2.51. The zero-order chi connectivity index (χ0) is 18.6. The number of hydrogen-bond donors (Lipinski definition) is 0. The fourth-order valence-corrected chi connectivity index (χ4v) is 3.58. The van der Waals surface area contributed by atoms with E-state index in [0.29, 0.717) is 44.0 Å². The molecule has 2 aliphatic rings. The third kappa shape index (κ3) is 4.10. The summed E-state index contributed by atoms with van der Waals surface area (Å²) in [6.45, 7) is 8.16. The molecule has 0 saturated carbocycles. The van der Waals surface area contributed by atoms with Crippen molar-refractivity contribution < 1.29 is 13.9 Å². The lowest BCUT2D eigenvalue weighted by molar-refractivity contribution is 0.0198. The first kappa shape index (κ1) is 18.3. The number of anilines is 1. The topological polar surface area (TPSA) is 50.7 Å². The van der Waals surface area contributed by atoms with Gasteiger partial charge in [-0.15, -0.1) is 0 Å². The van der Waals surface area contributed by atoms with Gasteiger partial charge < -0.3 is 14.4 Å². The van der Waals surface area contributed by atoms with Crippen molar-refractivity contribution in [2.75, 3.05) is 57.5 Å². The van der Waals surface area contributed by atoms with Crippen LogP contribution in [0.15, 0.2) is 30.5 Å². The van der Waals surface area contributed by atoms with Gasteiger partial charge in [-0.2, -0.15) is 0 Å². The molecule has 3 heterocycles. The summed E-state index contributed by atoms with van der Waals surface area (Å²) < 4.78 is 25.0. The number of rotatable bonds is 4. The highest BCUT2D eigenvalue weighted by molar-refractivity contribution is 5.58. The van der Waals surface area contributed by atoms with Gasteiger partial charge in [-0.25, -0.2) is 14.4 Å². The van der Waals surface area contributed by atoms with Gasteiger partial charge in [-0.05, 0) is 12.5 Å². The monoisotopic (exact) mass is 372 g/mol. The lowest BCUT2D eigenvalue weighted by Crippen LogP contribution is -2.38. The smallest absolute Gasteiger partial charge is 0.183 e. The highest BCUT2D eigenvalue weighted by Crippen LogP contribution is 2.26. The summed E-state index contributed by atoms with van der Waals surface area (Å²) in [5, 5.41) is 0. The number of ether oxygens (including phenoxy) is 2. The minimum atomic E-state index is -0.391. The van der Waals surface area contributed by atoms with E-state index in [-0.39, 0.29) is 0 Å². The van der Waals surface area contributed by atoms with Crippen LogP contribution in [0.2, 0.25) is 0 Å². The lowest BCUT2D eigenvalue weighted by Gasteiger charge is -2.32. The fourth-order valence-electron chi connectivity index (χ4n) is 3.58. The SMILES string of the molecule is CC(c1ccc(-c2ncc(F)c(N3CCOCC3)n2)cc1)N1CCOCC1. The molecule has 1 aromatic carbocycles. The van der Waals surface area contributed by atoms with Crippen molar-refractivity contribution in [3.63, 3.8) is 0 Å². The first-order valence-corrected chi connectivity index (χ1v) is 9.50. The summed E-state index contributed by atoms with van der Waals surface area (Å²) in [5.74, 6) is 0.510.